The van der Waals surface area contributed by atoms with Gasteiger partial charge in [-0.05, 0) is 75.0 Å². The van der Waals surface area contributed by atoms with Crippen LogP contribution >= 0.6 is 22.9 Å². The maximum atomic E-state index is 14.3. The molecule has 0 bridgehead atoms. The van der Waals surface area contributed by atoms with Gasteiger partial charge in [-0.15, -0.1) is 11.3 Å². The molecule has 4 aromatic heterocycles. The van der Waals surface area contributed by atoms with Gasteiger partial charge < -0.3 is 19.7 Å². The Balaban J connectivity index is 0.000000556. The van der Waals surface area contributed by atoms with E-state index in [2.05, 4.69) is 19.8 Å². The lowest BCUT2D eigenvalue weighted by Gasteiger charge is -2.14. The molecule has 0 aliphatic carbocycles. The highest BCUT2D eigenvalue weighted by molar-refractivity contribution is 7.88. The number of hydrogen-bond acceptors (Lipinski definition) is 9. The van der Waals surface area contributed by atoms with Crippen LogP contribution in [0.3, 0.4) is 0 Å². The summed E-state index contributed by atoms with van der Waals surface area (Å²) in [7, 11) is -3.03. The second-order valence-electron chi connectivity index (χ2n) is 11.4. The number of aromatic nitrogens is 4. The molecule has 17 heteroatoms. The maximum absolute atomic E-state index is 14.3. The summed E-state index contributed by atoms with van der Waals surface area (Å²) in [5, 5.41) is 7.60. The molecule has 0 saturated carbocycles. The number of rotatable bonds is 9. The molecular formula is C34H32ClF3N5O6S2-. The van der Waals surface area contributed by atoms with Gasteiger partial charge in [0.1, 0.15) is 18.1 Å². The molecule has 4 heterocycles. The minimum Gasteiger partial charge on any atom is -0.491 e. The third-order valence-electron chi connectivity index (χ3n) is 7.66. The number of benzene rings is 2. The highest BCUT2D eigenvalue weighted by Gasteiger charge is 2.38. The first-order valence-corrected chi connectivity index (χ1v) is 17.8. The summed E-state index contributed by atoms with van der Waals surface area (Å²) >= 11 is 7.06. The zero-order chi connectivity index (χ0) is 37.2. The molecule has 11 nitrogen and oxygen atoms in total. The van der Waals surface area contributed by atoms with Gasteiger partial charge in [0.05, 0.1) is 29.7 Å². The van der Waals surface area contributed by atoms with Crippen molar-refractivity contribution in [2.45, 2.75) is 44.6 Å². The first-order valence-electron chi connectivity index (χ1n) is 15.2. The van der Waals surface area contributed by atoms with Gasteiger partial charge in [-0.2, -0.15) is 26.7 Å². The van der Waals surface area contributed by atoms with Crippen LogP contribution in [-0.4, -0.2) is 53.2 Å². The molecule has 270 valence electrons. The molecule has 0 spiro atoms. The molecule has 0 amide bonds. The molecule has 0 atom stereocenters. The Morgan fingerprint density at radius 3 is 2.37 bits per heavy atom. The smallest absolute Gasteiger partial charge is 0.435 e. The van der Waals surface area contributed by atoms with E-state index in [0.29, 0.717) is 32.3 Å². The van der Waals surface area contributed by atoms with Gasteiger partial charge in [0.2, 0.25) is 0 Å². The van der Waals surface area contributed by atoms with Gasteiger partial charge in [0.25, 0.3) is 0 Å². The summed E-state index contributed by atoms with van der Waals surface area (Å²) < 4.78 is 93.7. The molecule has 6 rings (SSSR count). The summed E-state index contributed by atoms with van der Waals surface area (Å²) in [5.41, 5.74) is 9.20. The van der Waals surface area contributed by atoms with Crippen LogP contribution in [0.1, 0.15) is 33.2 Å². The van der Waals surface area contributed by atoms with Gasteiger partial charge in [-0.1, -0.05) is 35.9 Å². The van der Waals surface area contributed by atoms with E-state index < -0.39 is 22.0 Å². The number of halogens is 4. The van der Waals surface area contributed by atoms with Gasteiger partial charge in [0.15, 0.2) is 9.90 Å². The molecule has 2 N–H and O–H groups in total. The van der Waals surface area contributed by atoms with Gasteiger partial charge >= 0.3 is 16.3 Å². The van der Waals surface area contributed by atoms with Gasteiger partial charge in [-0.3, -0.25) is 19.4 Å². The molecule has 0 aliphatic rings. The van der Waals surface area contributed by atoms with Crippen LogP contribution in [0.4, 0.5) is 19.0 Å². The van der Waals surface area contributed by atoms with Crippen molar-refractivity contribution in [1.82, 2.24) is 19.9 Å². The molecule has 0 fully saturated rings. The average molecular weight is 763 g/mol. The Labute approximate surface area is 300 Å². The van der Waals surface area contributed by atoms with Crippen molar-refractivity contribution >= 4 is 49.8 Å². The molecule has 2 aromatic carbocycles. The number of ether oxygens (including phenoxy) is 2. The van der Waals surface area contributed by atoms with E-state index in [-0.39, 0.29) is 57.7 Å². The number of nitrogens with zero attached hydrogens (tertiary/aromatic N) is 4. The average Bonchev–Trinajstić information content (AvgIpc) is 3.72. The Morgan fingerprint density at radius 2 is 1.78 bits per heavy atom. The van der Waals surface area contributed by atoms with Crippen molar-refractivity contribution in [1.29, 1.82) is 0 Å². The van der Waals surface area contributed by atoms with Crippen LogP contribution in [0, 0.1) is 27.7 Å². The number of nitrogens with one attached hydrogen (secondary N) is 1. The zero-order valence-corrected chi connectivity index (χ0v) is 30.3. The van der Waals surface area contributed by atoms with Crippen LogP contribution in [-0.2, 0) is 27.6 Å². The largest absolute Gasteiger partial charge is 0.491 e. The first kappa shape index (κ1) is 37.8. The van der Waals surface area contributed by atoms with Crippen LogP contribution in [0.2, 0.25) is 5.02 Å². The third kappa shape index (κ3) is 8.53. The van der Waals surface area contributed by atoms with E-state index in [1.165, 1.54) is 11.8 Å². The quantitative estimate of drug-likeness (QED) is 0.112. The highest BCUT2D eigenvalue weighted by Crippen LogP contribution is 2.42. The Kier molecular flexibility index (Phi) is 11.1. The number of thiophene rings is 1. The fraction of sp³-hybridized carbons (Fsp3) is 0.265. The summed E-state index contributed by atoms with van der Waals surface area (Å²) in [6, 6.07) is 14.5. The molecule has 6 aromatic rings. The standard InChI is InChI=1S/C29H25ClF3N3O5S2.C5H7N2O/c1-16-11-23-25(26(34-16)19-5-4-6-20(30)14-19)27(29(31,32)33)35-36(23)15-18-7-8-21(24(13-18)41-10-9-40-3)22-12-17(2)42-28(22)43(37,38)39;1-3-4(2)8-7-5(3)6/h4-8,11-14H,9-10,15H2,1-3H3,(H,37,38,39);1-2H3,(H-,6,7)/q;-1. The monoisotopic (exact) mass is 762 g/mol. The van der Waals surface area contributed by atoms with Crippen LogP contribution in [0.25, 0.3) is 39.0 Å². The lowest BCUT2D eigenvalue weighted by molar-refractivity contribution is -0.140. The second kappa shape index (κ2) is 15.0. The molecule has 0 unspecified atom stereocenters. The molecule has 51 heavy (non-hydrogen) atoms. The van der Waals surface area contributed by atoms with E-state index in [4.69, 9.17) is 26.8 Å². The lowest BCUT2D eigenvalue weighted by Crippen LogP contribution is -2.09. The summed E-state index contributed by atoms with van der Waals surface area (Å²) in [6.07, 6.45) is -4.77. The number of alkyl halides is 3. The van der Waals surface area contributed by atoms with E-state index in [1.807, 2.05) is 6.92 Å². The SMILES string of the molecule is COCCOc1cc(Cn2nc(C(F)(F)F)c3c(-c4cccc(Cl)c4)nc(C)cc32)ccc1-c1cc(C)sc1S(=O)(=O)O.Cc1onc([NH-])c1C. The Hall–Kier alpha value is -4.48. The van der Waals surface area contributed by atoms with Crippen molar-refractivity contribution in [3.8, 4) is 28.1 Å². The summed E-state index contributed by atoms with van der Waals surface area (Å²) in [4.78, 5) is 5.08. The minimum absolute atomic E-state index is 0.0697. The number of pyridine rings is 1. The van der Waals surface area contributed by atoms with Crippen LogP contribution in [0.15, 0.2) is 63.3 Å². The van der Waals surface area contributed by atoms with E-state index in [0.717, 1.165) is 22.7 Å². The summed E-state index contributed by atoms with van der Waals surface area (Å²) in [5.74, 6) is 1.24. The van der Waals surface area contributed by atoms with Crippen molar-refractivity contribution in [2.75, 3.05) is 20.3 Å². The number of aryl methyl sites for hydroxylation is 3. The Morgan fingerprint density at radius 1 is 1.04 bits per heavy atom. The zero-order valence-electron chi connectivity index (χ0n) is 27.9. The molecule has 0 aliphatic heterocycles. The Bertz CT molecular complexity index is 2300. The predicted octanol–water partition coefficient (Wildman–Crippen LogP) is 9.41. The first-order chi connectivity index (χ1) is 24.0. The van der Waals surface area contributed by atoms with E-state index in [9.17, 15) is 26.1 Å². The maximum Gasteiger partial charge on any atom is 0.435 e. The molecule has 0 saturated heterocycles. The number of methoxy groups -OCH3 is 1. The van der Waals surface area contributed by atoms with Gasteiger partial charge in [0, 0.05) is 39.4 Å². The van der Waals surface area contributed by atoms with E-state index >= 15 is 0 Å². The molecule has 0 radical (unpaired) electrons. The predicted molar refractivity (Wildman–Crippen MR) is 188 cm³/mol. The highest BCUT2D eigenvalue weighted by atomic mass is 35.5. The van der Waals surface area contributed by atoms with Crippen LogP contribution < -0.4 is 4.74 Å². The van der Waals surface area contributed by atoms with Crippen molar-refractivity contribution in [3.63, 3.8) is 0 Å². The normalized spacial score (nSPS) is 11.9. The van der Waals surface area contributed by atoms with Crippen molar-refractivity contribution in [3.05, 3.63) is 98.5 Å². The van der Waals surface area contributed by atoms with Gasteiger partial charge in [-0.25, -0.2) is 0 Å². The van der Waals surface area contributed by atoms with Crippen LogP contribution in [0.5, 0.6) is 5.75 Å². The topological polar surface area (TPSA) is 153 Å². The lowest BCUT2D eigenvalue weighted by atomic mass is 10.0. The van der Waals surface area contributed by atoms with Crippen molar-refractivity contribution < 1.29 is 40.1 Å². The summed E-state index contributed by atoms with van der Waals surface area (Å²) in [6.45, 7) is 7.28. The number of fused-ring (bicyclic) bond motifs is 1. The third-order valence-corrected chi connectivity index (χ3v) is 10.3. The second-order valence-corrected chi connectivity index (χ2v) is 14.7. The van der Waals surface area contributed by atoms with E-state index in [1.54, 1.807) is 75.4 Å². The fourth-order valence-electron chi connectivity index (χ4n) is 5.19. The minimum atomic E-state index is -4.77. The van der Waals surface area contributed by atoms with Crippen molar-refractivity contribution in [2.24, 2.45) is 0 Å². The number of hydrogen-bond donors (Lipinski definition) is 1. The molecular weight excluding hydrogens is 731 g/mol. The fourth-order valence-corrected chi connectivity index (χ4v) is 7.39.